The molecule has 1 aromatic carbocycles. The molecule has 0 bridgehead atoms. The summed E-state index contributed by atoms with van der Waals surface area (Å²) >= 11 is 0. The van der Waals surface area contributed by atoms with E-state index in [1.165, 1.54) is 57.4 Å². The van der Waals surface area contributed by atoms with Crippen molar-refractivity contribution in [2.45, 2.75) is 125 Å². The van der Waals surface area contributed by atoms with E-state index in [9.17, 15) is 9.90 Å². The number of benzene rings is 1. The number of carbonyl (C=O) groups excluding carboxylic acids is 1. The second kappa shape index (κ2) is 13.7. The average molecular weight is 605 g/mol. The number of hydrogen-bond donors (Lipinski definition) is 1. The molecule has 44 heavy (non-hydrogen) atoms. The monoisotopic (exact) mass is 604 g/mol. The lowest BCUT2D eigenvalue weighted by Crippen LogP contribution is -2.51. The third kappa shape index (κ3) is 6.44. The minimum Gasteiger partial charge on any atom is -0.496 e. The van der Waals surface area contributed by atoms with Gasteiger partial charge < -0.3 is 14.6 Å². The summed E-state index contributed by atoms with van der Waals surface area (Å²) in [6.45, 7) is 14.9. The van der Waals surface area contributed by atoms with Crippen molar-refractivity contribution in [3.8, 4) is 5.75 Å². The lowest BCUT2D eigenvalue weighted by molar-refractivity contribution is -0.145. The van der Waals surface area contributed by atoms with Crippen molar-refractivity contribution >= 4 is 12.0 Å². The molecule has 0 radical (unpaired) electrons. The largest absolute Gasteiger partial charge is 0.496 e. The van der Waals surface area contributed by atoms with E-state index >= 15 is 0 Å². The van der Waals surface area contributed by atoms with Gasteiger partial charge in [-0.1, -0.05) is 72.1 Å². The number of aliphatic hydroxyl groups is 1. The summed E-state index contributed by atoms with van der Waals surface area (Å²) in [7, 11) is 1.59. The van der Waals surface area contributed by atoms with Gasteiger partial charge in [0.15, 0.2) is 0 Å². The van der Waals surface area contributed by atoms with Gasteiger partial charge in [-0.05, 0) is 127 Å². The van der Waals surface area contributed by atoms with E-state index in [0.717, 1.165) is 66.3 Å². The summed E-state index contributed by atoms with van der Waals surface area (Å²) in [4.78, 5) is 12.8. The molecule has 0 aromatic heterocycles. The van der Waals surface area contributed by atoms with Gasteiger partial charge in [0.25, 0.3) is 0 Å². The number of esters is 1. The van der Waals surface area contributed by atoms with Gasteiger partial charge in [0, 0.05) is 18.1 Å². The topological polar surface area (TPSA) is 55.8 Å². The molecule has 1 aromatic rings. The van der Waals surface area contributed by atoms with Crippen LogP contribution in [0.2, 0.25) is 0 Å². The molecule has 4 nitrogen and oxygen atoms in total. The van der Waals surface area contributed by atoms with Crippen molar-refractivity contribution in [3.05, 3.63) is 47.1 Å². The molecule has 1 N–H and O–H groups in total. The fourth-order valence-electron chi connectivity index (χ4n) is 10.8. The molecule has 0 spiro atoms. The average Bonchev–Trinajstić information content (AvgIpc) is 3.37. The quantitative estimate of drug-likeness (QED) is 0.155. The van der Waals surface area contributed by atoms with E-state index in [-0.39, 0.29) is 24.1 Å². The fraction of sp³-hybridized carbons (Fsp3) is 0.725. The highest BCUT2D eigenvalue weighted by Crippen LogP contribution is 2.67. The van der Waals surface area contributed by atoms with Crippen molar-refractivity contribution in [2.75, 3.05) is 7.11 Å². The zero-order valence-corrected chi connectivity index (χ0v) is 28.7. The van der Waals surface area contributed by atoms with Gasteiger partial charge in [-0.2, -0.15) is 0 Å². The van der Waals surface area contributed by atoms with Crippen LogP contribution in [-0.4, -0.2) is 24.3 Å². The van der Waals surface area contributed by atoms with Gasteiger partial charge >= 0.3 is 5.97 Å². The van der Waals surface area contributed by atoms with Crippen molar-refractivity contribution in [1.82, 2.24) is 0 Å². The number of allylic oxidation sites excluding steroid dienone is 1. The van der Waals surface area contributed by atoms with Gasteiger partial charge in [0.1, 0.15) is 11.9 Å². The Balaban J connectivity index is 1.20. The zero-order chi connectivity index (χ0) is 31.6. The van der Waals surface area contributed by atoms with Crippen molar-refractivity contribution < 1.29 is 19.4 Å². The van der Waals surface area contributed by atoms with Crippen LogP contribution in [0.5, 0.6) is 5.75 Å². The number of carbonyl (C=O) groups is 1. The second-order valence-electron chi connectivity index (χ2n) is 15.8. The number of ether oxygens (including phenoxy) is 2. The van der Waals surface area contributed by atoms with Crippen LogP contribution in [0.4, 0.5) is 0 Å². The van der Waals surface area contributed by atoms with Crippen LogP contribution in [0.3, 0.4) is 0 Å². The van der Waals surface area contributed by atoms with E-state index in [1.54, 1.807) is 18.8 Å². The molecule has 0 saturated heterocycles. The van der Waals surface area contributed by atoms with Crippen molar-refractivity contribution in [3.63, 3.8) is 0 Å². The van der Waals surface area contributed by atoms with E-state index in [0.29, 0.717) is 16.7 Å². The number of hydrogen-bond acceptors (Lipinski definition) is 4. The summed E-state index contributed by atoms with van der Waals surface area (Å²) in [5.74, 6) is 6.20. The fourth-order valence-corrected chi connectivity index (χ4v) is 10.8. The molecular formula is C40H60O4. The predicted molar refractivity (Wildman–Crippen MR) is 180 cm³/mol. The van der Waals surface area contributed by atoms with Crippen molar-refractivity contribution in [2.24, 2.45) is 52.3 Å². The molecule has 9 atom stereocenters. The van der Waals surface area contributed by atoms with Crippen LogP contribution in [0.25, 0.3) is 6.08 Å². The predicted octanol–water partition coefficient (Wildman–Crippen LogP) is 9.79. The van der Waals surface area contributed by atoms with E-state index in [2.05, 4.69) is 47.6 Å². The highest BCUT2D eigenvalue weighted by Gasteiger charge is 2.59. The first-order valence-corrected chi connectivity index (χ1v) is 17.9. The molecule has 3 saturated carbocycles. The minimum atomic E-state index is -0.285. The van der Waals surface area contributed by atoms with Crippen LogP contribution >= 0.6 is 0 Å². The maximum Gasteiger partial charge on any atom is 0.331 e. The molecule has 0 aliphatic heterocycles. The standard InChI is InChI=1S/C40H60O4/c1-8-29(26(2)3)12-9-27(4)34-15-16-35-33-14-13-31-24-32(19-21-39(31,5)36(33)20-22-40(34,35)6)44-38(42)18-11-28-10-17-37(43-7)30(23-28)25-41/h10-11,13,17-18,23,26-27,29,32-36,41H,8-9,12,14-16,19-22,24-25H2,1-7H3/b18-11+. The number of fused-ring (bicyclic) bond motifs is 5. The van der Waals surface area contributed by atoms with Gasteiger partial charge in [-0.25, -0.2) is 4.79 Å². The maximum absolute atomic E-state index is 12.8. The smallest absolute Gasteiger partial charge is 0.331 e. The number of methoxy groups -OCH3 is 1. The third-order valence-corrected chi connectivity index (χ3v) is 13.4. The van der Waals surface area contributed by atoms with E-state index in [1.807, 2.05) is 18.2 Å². The highest BCUT2D eigenvalue weighted by atomic mass is 16.5. The molecule has 5 rings (SSSR count). The first kappa shape index (κ1) is 33.3. The third-order valence-electron chi connectivity index (χ3n) is 13.4. The van der Waals surface area contributed by atoms with Crippen LogP contribution in [0.15, 0.2) is 35.9 Å². The van der Waals surface area contributed by atoms with Crippen LogP contribution in [0, 0.1) is 52.3 Å². The van der Waals surface area contributed by atoms with Gasteiger partial charge in [-0.3, -0.25) is 0 Å². The Kier molecular flexibility index (Phi) is 10.4. The summed E-state index contributed by atoms with van der Waals surface area (Å²) in [6, 6.07) is 5.54. The summed E-state index contributed by atoms with van der Waals surface area (Å²) in [5, 5.41) is 9.60. The Morgan fingerprint density at radius 3 is 2.57 bits per heavy atom. The first-order chi connectivity index (χ1) is 21.0. The Hall–Kier alpha value is -2.07. The molecule has 3 fully saturated rings. The highest BCUT2D eigenvalue weighted by molar-refractivity contribution is 5.87. The molecule has 4 aliphatic rings. The number of aliphatic hydroxyl groups excluding tert-OH is 1. The minimum absolute atomic E-state index is 0.0461. The van der Waals surface area contributed by atoms with Crippen LogP contribution in [0.1, 0.15) is 123 Å². The van der Waals surface area contributed by atoms with E-state index in [4.69, 9.17) is 9.47 Å². The number of rotatable bonds is 11. The van der Waals surface area contributed by atoms with E-state index < -0.39 is 0 Å². The first-order valence-electron chi connectivity index (χ1n) is 17.9. The molecular weight excluding hydrogens is 544 g/mol. The Morgan fingerprint density at radius 2 is 1.86 bits per heavy atom. The Labute approximate surface area is 268 Å². The summed E-state index contributed by atoms with van der Waals surface area (Å²) < 4.78 is 11.3. The van der Waals surface area contributed by atoms with Crippen molar-refractivity contribution in [1.29, 1.82) is 0 Å². The Morgan fingerprint density at radius 1 is 1.07 bits per heavy atom. The lowest BCUT2D eigenvalue weighted by atomic mass is 9.47. The molecule has 9 unspecified atom stereocenters. The molecule has 0 heterocycles. The van der Waals surface area contributed by atoms with Gasteiger partial charge in [-0.15, -0.1) is 0 Å². The summed E-state index contributed by atoms with van der Waals surface area (Å²) in [5.41, 5.74) is 3.86. The normalized spacial score (nSPS) is 34.6. The molecule has 4 heteroatoms. The zero-order valence-electron chi connectivity index (χ0n) is 28.7. The second-order valence-corrected chi connectivity index (χ2v) is 15.8. The SMILES string of the molecule is CCC(CCC(C)C1CCC2C3CC=C4CC(OC(=O)/C=C/c5ccc(OC)c(CO)c5)CCC4(C)C3CCC12C)C(C)C. The molecule has 4 aliphatic carbocycles. The summed E-state index contributed by atoms with van der Waals surface area (Å²) in [6.07, 6.45) is 19.7. The Bertz CT molecular complexity index is 1210. The molecule has 244 valence electrons. The van der Waals surface area contributed by atoms with Gasteiger partial charge in [0.05, 0.1) is 13.7 Å². The van der Waals surface area contributed by atoms with Crippen LogP contribution in [-0.2, 0) is 16.1 Å². The lowest BCUT2D eigenvalue weighted by Gasteiger charge is -2.58. The van der Waals surface area contributed by atoms with Crippen LogP contribution < -0.4 is 4.74 Å². The maximum atomic E-state index is 12.8. The molecule has 0 amide bonds. The van der Waals surface area contributed by atoms with Gasteiger partial charge in [0.2, 0.25) is 0 Å².